The summed E-state index contributed by atoms with van der Waals surface area (Å²) in [6, 6.07) is 11.8. The van der Waals surface area contributed by atoms with E-state index < -0.39 is 10.0 Å². The second-order valence-electron chi connectivity index (χ2n) is 7.73. The number of benzene rings is 2. The van der Waals surface area contributed by atoms with Gasteiger partial charge in [0.15, 0.2) is 0 Å². The summed E-state index contributed by atoms with van der Waals surface area (Å²) in [5, 5.41) is 3.19. The number of para-hydroxylation sites is 1. The Hall–Kier alpha value is -2.82. The lowest BCUT2D eigenvalue weighted by Crippen LogP contribution is -2.49. The first-order chi connectivity index (χ1) is 15.6. The Kier molecular flexibility index (Phi) is 8.17. The summed E-state index contributed by atoms with van der Waals surface area (Å²) in [4.78, 5) is 28.5. The van der Waals surface area contributed by atoms with Crippen LogP contribution in [0.1, 0.15) is 17.3 Å². The van der Waals surface area contributed by atoms with Crippen molar-refractivity contribution < 1.29 is 22.7 Å². The molecule has 33 heavy (non-hydrogen) atoms. The van der Waals surface area contributed by atoms with Crippen molar-refractivity contribution in [3.63, 3.8) is 0 Å². The number of ether oxygens (including phenoxy) is 1. The fourth-order valence-electron chi connectivity index (χ4n) is 3.48. The van der Waals surface area contributed by atoms with E-state index in [4.69, 9.17) is 16.3 Å². The van der Waals surface area contributed by atoms with Gasteiger partial charge in [0.2, 0.25) is 15.9 Å². The van der Waals surface area contributed by atoms with Crippen molar-refractivity contribution in [1.29, 1.82) is 0 Å². The third-order valence-electron chi connectivity index (χ3n) is 5.03. The zero-order valence-corrected chi connectivity index (χ0v) is 20.1. The number of amides is 2. The van der Waals surface area contributed by atoms with E-state index in [1.54, 1.807) is 17.0 Å². The highest BCUT2D eigenvalue weighted by molar-refractivity contribution is 7.92. The van der Waals surface area contributed by atoms with Gasteiger partial charge in [-0.1, -0.05) is 23.7 Å². The zero-order valence-electron chi connectivity index (χ0n) is 18.5. The number of halogens is 1. The van der Waals surface area contributed by atoms with Crippen LogP contribution in [0, 0.1) is 0 Å². The molecular weight excluding hydrogens is 468 g/mol. The van der Waals surface area contributed by atoms with E-state index in [0.29, 0.717) is 55.8 Å². The molecule has 2 amide bonds. The average molecular weight is 495 g/mol. The molecule has 0 aliphatic carbocycles. The predicted octanol–water partition coefficient (Wildman–Crippen LogP) is 2.51. The number of hydrogen-bond acceptors (Lipinski definition) is 6. The SMILES string of the molecule is CC(=O)Nc1ccc(NS(C)(=O)=O)c(C(=O)N2CCN(CCOc3ccccc3Cl)CC2)c1. The number of hydrogen-bond donors (Lipinski definition) is 2. The maximum atomic E-state index is 13.2. The molecule has 0 saturated carbocycles. The number of sulfonamides is 1. The van der Waals surface area contributed by atoms with Crippen molar-refractivity contribution in [3.05, 3.63) is 53.1 Å². The van der Waals surface area contributed by atoms with E-state index in [0.717, 1.165) is 6.26 Å². The zero-order chi connectivity index (χ0) is 24.0. The fraction of sp³-hybridized carbons (Fsp3) is 0.364. The van der Waals surface area contributed by atoms with Gasteiger partial charge in [-0.05, 0) is 30.3 Å². The first kappa shape index (κ1) is 24.8. The standard InChI is InChI=1S/C22H27ClN4O5S/c1-16(28)24-17-7-8-20(25-33(2,30)31)18(15-17)22(29)27-11-9-26(10-12-27)13-14-32-21-6-4-3-5-19(21)23/h3-8,15,25H,9-14H2,1-2H3,(H,24,28). The highest BCUT2D eigenvalue weighted by atomic mass is 35.5. The molecule has 11 heteroatoms. The molecule has 2 aromatic carbocycles. The van der Waals surface area contributed by atoms with Crippen LogP contribution in [0.5, 0.6) is 5.75 Å². The minimum absolute atomic E-state index is 0.173. The highest BCUT2D eigenvalue weighted by Gasteiger charge is 2.25. The van der Waals surface area contributed by atoms with Crippen molar-refractivity contribution in [3.8, 4) is 5.75 Å². The van der Waals surface area contributed by atoms with E-state index in [9.17, 15) is 18.0 Å². The van der Waals surface area contributed by atoms with Gasteiger partial charge in [-0.2, -0.15) is 0 Å². The highest BCUT2D eigenvalue weighted by Crippen LogP contribution is 2.25. The van der Waals surface area contributed by atoms with Crippen LogP contribution in [0.4, 0.5) is 11.4 Å². The predicted molar refractivity (Wildman–Crippen MR) is 129 cm³/mol. The van der Waals surface area contributed by atoms with E-state index in [-0.39, 0.29) is 23.1 Å². The number of carbonyl (C=O) groups is 2. The minimum Gasteiger partial charge on any atom is -0.491 e. The quantitative estimate of drug-likeness (QED) is 0.583. The molecule has 3 rings (SSSR count). The van der Waals surface area contributed by atoms with Crippen molar-refractivity contribution in [2.75, 3.05) is 55.6 Å². The first-order valence-electron chi connectivity index (χ1n) is 10.4. The first-order valence-corrected chi connectivity index (χ1v) is 12.7. The molecule has 0 unspecified atom stereocenters. The smallest absolute Gasteiger partial charge is 0.256 e. The van der Waals surface area contributed by atoms with E-state index in [2.05, 4.69) is 14.9 Å². The molecule has 0 bridgehead atoms. The molecule has 1 fully saturated rings. The van der Waals surface area contributed by atoms with Crippen LogP contribution in [0.15, 0.2) is 42.5 Å². The summed E-state index contributed by atoms with van der Waals surface area (Å²) in [6.07, 6.45) is 1.02. The van der Waals surface area contributed by atoms with Crippen LogP contribution in [0.2, 0.25) is 5.02 Å². The molecule has 0 spiro atoms. The number of piperazine rings is 1. The molecule has 1 aliphatic rings. The molecule has 178 valence electrons. The number of nitrogens with zero attached hydrogens (tertiary/aromatic N) is 2. The number of anilines is 2. The van der Waals surface area contributed by atoms with E-state index in [1.807, 2.05) is 18.2 Å². The molecule has 9 nitrogen and oxygen atoms in total. The minimum atomic E-state index is -3.58. The second-order valence-corrected chi connectivity index (χ2v) is 9.88. The van der Waals surface area contributed by atoms with Gasteiger partial charge < -0.3 is 15.0 Å². The van der Waals surface area contributed by atoms with Crippen LogP contribution in [-0.2, 0) is 14.8 Å². The summed E-state index contributed by atoms with van der Waals surface area (Å²) in [5.41, 5.74) is 0.773. The van der Waals surface area contributed by atoms with Crippen molar-refractivity contribution in [1.82, 2.24) is 9.80 Å². The van der Waals surface area contributed by atoms with Crippen LogP contribution in [0.25, 0.3) is 0 Å². The summed E-state index contributed by atoms with van der Waals surface area (Å²) in [7, 11) is -3.58. The normalized spacial score (nSPS) is 14.6. The molecule has 1 aliphatic heterocycles. The van der Waals surface area contributed by atoms with Gasteiger partial charge in [0.25, 0.3) is 5.91 Å². The molecule has 1 saturated heterocycles. The van der Waals surface area contributed by atoms with Gasteiger partial charge in [0.1, 0.15) is 12.4 Å². The van der Waals surface area contributed by atoms with Gasteiger partial charge in [-0.15, -0.1) is 0 Å². The third-order valence-corrected chi connectivity index (χ3v) is 5.93. The van der Waals surface area contributed by atoms with Gasteiger partial charge in [-0.3, -0.25) is 19.2 Å². The fourth-order valence-corrected chi connectivity index (χ4v) is 4.25. The van der Waals surface area contributed by atoms with Crippen LogP contribution in [-0.4, -0.2) is 75.6 Å². The maximum Gasteiger partial charge on any atom is 0.256 e. The Morgan fingerprint density at radius 2 is 1.79 bits per heavy atom. The molecule has 0 radical (unpaired) electrons. The monoisotopic (exact) mass is 494 g/mol. The molecule has 2 N–H and O–H groups in total. The van der Waals surface area contributed by atoms with Crippen LogP contribution in [0.3, 0.4) is 0 Å². The number of nitrogens with one attached hydrogen (secondary N) is 2. The van der Waals surface area contributed by atoms with Crippen LogP contribution < -0.4 is 14.8 Å². The number of carbonyl (C=O) groups excluding carboxylic acids is 2. The summed E-state index contributed by atoms with van der Waals surface area (Å²) >= 11 is 6.10. The van der Waals surface area contributed by atoms with Crippen LogP contribution >= 0.6 is 11.6 Å². The molecule has 0 aromatic heterocycles. The number of rotatable bonds is 8. The van der Waals surface area contributed by atoms with E-state index >= 15 is 0 Å². The van der Waals surface area contributed by atoms with Gasteiger partial charge in [-0.25, -0.2) is 8.42 Å². The Labute approximate surface area is 198 Å². The Morgan fingerprint density at radius 3 is 2.42 bits per heavy atom. The topological polar surface area (TPSA) is 108 Å². The lowest BCUT2D eigenvalue weighted by atomic mass is 10.1. The summed E-state index contributed by atoms with van der Waals surface area (Å²) < 4.78 is 31.6. The van der Waals surface area contributed by atoms with Crippen molar-refractivity contribution in [2.24, 2.45) is 0 Å². The van der Waals surface area contributed by atoms with Crippen molar-refractivity contribution >= 4 is 44.8 Å². The van der Waals surface area contributed by atoms with Gasteiger partial charge >= 0.3 is 0 Å². The van der Waals surface area contributed by atoms with Crippen molar-refractivity contribution in [2.45, 2.75) is 6.92 Å². The Balaban J connectivity index is 1.62. The summed E-state index contributed by atoms with van der Waals surface area (Å²) in [5.74, 6) is 0.0445. The molecule has 1 heterocycles. The average Bonchev–Trinajstić information content (AvgIpc) is 2.75. The summed E-state index contributed by atoms with van der Waals surface area (Å²) in [6.45, 7) is 4.78. The maximum absolute atomic E-state index is 13.2. The second kappa shape index (κ2) is 10.9. The lowest BCUT2D eigenvalue weighted by Gasteiger charge is -2.35. The Morgan fingerprint density at radius 1 is 1.09 bits per heavy atom. The van der Waals surface area contributed by atoms with Gasteiger partial charge in [0, 0.05) is 45.3 Å². The lowest BCUT2D eigenvalue weighted by molar-refractivity contribution is -0.114. The molecule has 0 atom stereocenters. The third kappa shape index (κ3) is 7.34. The largest absolute Gasteiger partial charge is 0.491 e. The Bertz CT molecular complexity index is 1120. The molecule has 2 aromatic rings. The van der Waals surface area contributed by atoms with Gasteiger partial charge in [0.05, 0.1) is 22.5 Å². The molecular formula is C22H27ClN4O5S. The van der Waals surface area contributed by atoms with E-state index in [1.165, 1.54) is 19.1 Å².